The number of hydrogen-bond donors (Lipinski definition) is 2. The van der Waals surface area contributed by atoms with Gasteiger partial charge in [-0.05, 0) is 49.9 Å². The summed E-state index contributed by atoms with van der Waals surface area (Å²) < 4.78 is 0. The van der Waals surface area contributed by atoms with E-state index in [1.165, 1.54) is 12.8 Å². The molecule has 2 aliphatic heterocycles. The van der Waals surface area contributed by atoms with Gasteiger partial charge >= 0.3 is 0 Å². The number of aromatic hydroxyl groups is 1. The van der Waals surface area contributed by atoms with Gasteiger partial charge in [0.15, 0.2) is 0 Å². The molecule has 1 amide bonds. The molecule has 19 heavy (non-hydrogen) atoms. The van der Waals surface area contributed by atoms with Gasteiger partial charge in [0.05, 0.1) is 0 Å². The molecule has 1 aromatic carbocycles. The highest BCUT2D eigenvalue weighted by Gasteiger charge is 2.31. The Hall–Kier alpha value is -1.55. The number of nitrogens with one attached hydrogen (secondary N) is 1. The van der Waals surface area contributed by atoms with Crippen molar-refractivity contribution in [3.8, 4) is 5.75 Å². The molecule has 4 heteroatoms. The fourth-order valence-corrected chi connectivity index (χ4v) is 3.19. The summed E-state index contributed by atoms with van der Waals surface area (Å²) in [6.45, 7) is 3.50. The number of carbonyl (C=O) groups is 1. The van der Waals surface area contributed by atoms with E-state index >= 15 is 0 Å². The number of phenolic OH excluding ortho intramolecular Hbond substituents is 1. The number of phenols is 1. The van der Waals surface area contributed by atoms with Crippen LogP contribution < -0.4 is 5.32 Å². The van der Waals surface area contributed by atoms with Crippen LogP contribution in [0.2, 0.25) is 0 Å². The lowest BCUT2D eigenvalue weighted by Gasteiger charge is -2.25. The highest BCUT2D eigenvalue weighted by Crippen LogP contribution is 2.23. The minimum absolute atomic E-state index is 0.0897. The van der Waals surface area contributed by atoms with Crippen LogP contribution in [0.4, 0.5) is 0 Å². The Morgan fingerprint density at radius 2 is 2.11 bits per heavy atom. The molecule has 2 N–H and O–H groups in total. The molecule has 0 radical (unpaired) electrons. The molecule has 4 nitrogen and oxygen atoms in total. The van der Waals surface area contributed by atoms with E-state index in [1.807, 2.05) is 11.8 Å². The molecule has 2 heterocycles. The molecule has 0 saturated carbocycles. The zero-order valence-electron chi connectivity index (χ0n) is 11.2. The van der Waals surface area contributed by atoms with Gasteiger partial charge in [0.25, 0.3) is 5.91 Å². The maximum absolute atomic E-state index is 12.6. The van der Waals surface area contributed by atoms with Crippen LogP contribution >= 0.6 is 0 Å². The summed E-state index contributed by atoms with van der Waals surface area (Å²) in [6, 6.07) is 6.00. The van der Waals surface area contributed by atoms with Crippen LogP contribution in [0.15, 0.2) is 18.2 Å². The number of amides is 1. The molecular formula is C15H20N2O2. The third kappa shape index (κ3) is 2.45. The van der Waals surface area contributed by atoms with Crippen molar-refractivity contribution >= 4 is 5.91 Å². The van der Waals surface area contributed by atoms with Crippen LogP contribution in [-0.4, -0.2) is 41.1 Å². The van der Waals surface area contributed by atoms with Crippen molar-refractivity contribution < 1.29 is 9.90 Å². The minimum Gasteiger partial charge on any atom is -0.508 e. The quantitative estimate of drug-likeness (QED) is 0.807. The van der Waals surface area contributed by atoms with Gasteiger partial charge < -0.3 is 15.3 Å². The Balaban J connectivity index is 1.79. The van der Waals surface area contributed by atoms with Crippen molar-refractivity contribution in [2.45, 2.75) is 38.3 Å². The van der Waals surface area contributed by atoms with E-state index in [9.17, 15) is 9.90 Å². The van der Waals surface area contributed by atoms with Crippen molar-refractivity contribution in [3.63, 3.8) is 0 Å². The topological polar surface area (TPSA) is 52.6 Å². The number of rotatable bonds is 1. The summed E-state index contributed by atoms with van der Waals surface area (Å²) in [5.41, 5.74) is 1.54. The predicted molar refractivity (Wildman–Crippen MR) is 73.3 cm³/mol. The molecule has 2 unspecified atom stereocenters. The number of fused-ring (bicyclic) bond motifs is 2. The molecule has 0 spiro atoms. The molecule has 2 saturated heterocycles. The smallest absolute Gasteiger partial charge is 0.254 e. The first kappa shape index (κ1) is 12.5. The number of nitrogens with zero attached hydrogens (tertiary/aromatic N) is 1. The van der Waals surface area contributed by atoms with E-state index in [0.717, 1.165) is 25.1 Å². The Morgan fingerprint density at radius 3 is 2.89 bits per heavy atom. The molecule has 3 rings (SSSR count). The highest BCUT2D eigenvalue weighted by molar-refractivity contribution is 5.95. The molecule has 0 aliphatic carbocycles. The fraction of sp³-hybridized carbons (Fsp3) is 0.533. The van der Waals surface area contributed by atoms with Crippen molar-refractivity contribution in [1.82, 2.24) is 10.2 Å². The van der Waals surface area contributed by atoms with E-state index in [-0.39, 0.29) is 11.7 Å². The first-order chi connectivity index (χ1) is 9.13. The van der Waals surface area contributed by atoms with E-state index in [2.05, 4.69) is 5.32 Å². The standard InChI is InChI=1S/C15H20N2O2/c1-10-8-13(18)4-5-14(10)15(19)17-7-6-11-2-3-12(9-17)16-11/h4-5,8,11-12,16,18H,2-3,6-7,9H2,1H3. The summed E-state index contributed by atoms with van der Waals surface area (Å²) in [4.78, 5) is 14.5. The van der Waals surface area contributed by atoms with Crippen molar-refractivity contribution in [2.24, 2.45) is 0 Å². The Kier molecular flexibility index (Phi) is 3.19. The van der Waals surface area contributed by atoms with Crippen molar-refractivity contribution in [1.29, 1.82) is 0 Å². The summed E-state index contributed by atoms with van der Waals surface area (Å²) in [5, 5.41) is 13.0. The lowest BCUT2D eigenvalue weighted by atomic mass is 10.0. The van der Waals surface area contributed by atoms with Crippen LogP contribution in [-0.2, 0) is 0 Å². The van der Waals surface area contributed by atoms with Gasteiger partial charge in [-0.1, -0.05) is 0 Å². The molecular weight excluding hydrogens is 240 g/mol. The molecule has 2 fully saturated rings. The fourth-order valence-electron chi connectivity index (χ4n) is 3.19. The number of likely N-dealkylation sites (tertiary alicyclic amines) is 1. The molecule has 2 bridgehead atoms. The summed E-state index contributed by atoms with van der Waals surface area (Å²) in [6.07, 6.45) is 3.45. The lowest BCUT2D eigenvalue weighted by Crippen LogP contribution is -2.39. The SMILES string of the molecule is Cc1cc(O)ccc1C(=O)N1CCC2CCC(C1)N2. The van der Waals surface area contributed by atoms with Crippen LogP contribution in [0.1, 0.15) is 35.2 Å². The van der Waals surface area contributed by atoms with Crippen LogP contribution in [0.5, 0.6) is 5.75 Å². The van der Waals surface area contributed by atoms with Gasteiger partial charge in [-0.2, -0.15) is 0 Å². The molecule has 2 aliphatic rings. The summed E-state index contributed by atoms with van der Waals surface area (Å²) >= 11 is 0. The van der Waals surface area contributed by atoms with E-state index < -0.39 is 0 Å². The lowest BCUT2D eigenvalue weighted by molar-refractivity contribution is 0.0747. The molecule has 1 aromatic rings. The van der Waals surface area contributed by atoms with Gasteiger partial charge in [0.1, 0.15) is 5.75 Å². The zero-order chi connectivity index (χ0) is 13.4. The zero-order valence-corrected chi connectivity index (χ0v) is 11.2. The van der Waals surface area contributed by atoms with Crippen molar-refractivity contribution in [3.05, 3.63) is 29.3 Å². The average molecular weight is 260 g/mol. The predicted octanol–water partition coefficient (Wildman–Crippen LogP) is 1.67. The third-order valence-corrected chi connectivity index (χ3v) is 4.25. The second kappa shape index (κ2) is 4.85. The molecule has 2 atom stereocenters. The third-order valence-electron chi connectivity index (χ3n) is 4.25. The first-order valence-electron chi connectivity index (χ1n) is 6.98. The minimum atomic E-state index is 0.0897. The summed E-state index contributed by atoms with van der Waals surface area (Å²) in [7, 11) is 0. The highest BCUT2D eigenvalue weighted by atomic mass is 16.3. The Labute approximate surface area is 113 Å². The van der Waals surface area contributed by atoms with Crippen LogP contribution in [0.25, 0.3) is 0 Å². The van der Waals surface area contributed by atoms with Gasteiger partial charge in [-0.15, -0.1) is 0 Å². The number of aryl methyl sites for hydroxylation is 1. The number of benzene rings is 1. The van der Waals surface area contributed by atoms with Crippen molar-refractivity contribution in [2.75, 3.05) is 13.1 Å². The van der Waals surface area contributed by atoms with Crippen LogP contribution in [0.3, 0.4) is 0 Å². The molecule has 102 valence electrons. The number of carbonyl (C=O) groups excluding carboxylic acids is 1. The number of hydrogen-bond acceptors (Lipinski definition) is 3. The van der Waals surface area contributed by atoms with Gasteiger partial charge in [0, 0.05) is 30.7 Å². The second-order valence-corrected chi connectivity index (χ2v) is 5.68. The first-order valence-corrected chi connectivity index (χ1v) is 6.98. The van der Waals surface area contributed by atoms with E-state index in [4.69, 9.17) is 0 Å². The maximum atomic E-state index is 12.6. The van der Waals surface area contributed by atoms with Gasteiger partial charge in [-0.25, -0.2) is 0 Å². The molecule has 0 aromatic heterocycles. The Bertz CT molecular complexity index is 501. The summed E-state index contributed by atoms with van der Waals surface area (Å²) in [5.74, 6) is 0.303. The van der Waals surface area contributed by atoms with Gasteiger partial charge in [-0.3, -0.25) is 4.79 Å². The largest absolute Gasteiger partial charge is 0.508 e. The average Bonchev–Trinajstić information content (AvgIpc) is 2.68. The van der Waals surface area contributed by atoms with Gasteiger partial charge in [0.2, 0.25) is 0 Å². The van der Waals surface area contributed by atoms with E-state index in [0.29, 0.717) is 17.6 Å². The normalized spacial score (nSPS) is 26.3. The Morgan fingerprint density at radius 1 is 1.32 bits per heavy atom. The van der Waals surface area contributed by atoms with E-state index in [1.54, 1.807) is 18.2 Å². The van der Waals surface area contributed by atoms with Crippen LogP contribution in [0, 0.1) is 6.92 Å². The monoisotopic (exact) mass is 260 g/mol. The second-order valence-electron chi connectivity index (χ2n) is 5.68. The maximum Gasteiger partial charge on any atom is 0.254 e.